The van der Waals surface area contributed by atoms with Crippen molar-refractivity contribution in [3.05, 3.63) is 130 Å². The van der Waals surface area contributed by atoms with E-state index in [1.165, 1.54) is 0 Å². The van der Waals surface area contributed by atoms with Crippen molar-refractivity contribution in [2.75, 3.05) is 0 Å². The molecular formula is C32H26N4O14. The number of benzene rings is 2. The Bertz CT molecular complexity index is 1620. The number of carbonyl (C=O) groups excluding carboxylic acids is 4. The van der Waals surface area contributed by atoms with Crippen molar-refractivity contribution in [2.24, 2.45) is 0 Å². The largest absolute Gasteiger partial charge is 0.545 e. The molecule has 0 saturated heterocycles. The van der Waals surface area contributed by atoms with Crippen molar-refractivity contribution in [1.29, 1.82) is 0 Å². The van der Waals surface area contributed by atoms with Crippen LogP contribution in [0.5, 0.6) is 0 Å². The van der Waals surface area contributed by atoms with Crippen LogP contribution in [0.25, 0.3) is 0 Å². The first kappa shape index (κ1) is 38.7. The van der Waals surface area contributed by atoms with Crippen molar-refractivity contribution < 1.29 is 79.0 Å². The van der Waals surface area contributed by atoms with Crippen LogP contribution in [0, 0.1) is 0 Å². The molecule has 2 amide bonds. The molecule has 258 valence electrons. The highest BCUT2D eigenvalue weighted by atomic mass is 16.4. The lowest BCUT2D eigenvalue weighted by atomic mass is 10.1. The van der Waals surface area contributed by atoms with E-state index in [9.17, 15) is 48.6 Å². The molecule has 2 heterocycles. The zero-order valence-corrected chi connectivity index (χ0v) is 25.4. The van der Waals surface area contributed by atoms with E-state index in [1.54, 1.807) is 12.4 Å². The number of hydrogen-bond acceptors (Lipinski definition) is 10. The Labute approximate surface area is 280 Å². The van der Waals surface area contributed by atoms with Crippen molar-refractivity contribution in [2.45, 2.75) is 13.1 Å². The lowest BCUT2D eigenvalue weighted by molar-refractivity contribution is -0.391. The lowest BCUT2D eigenvalue weighted by Crippen LogP contribution is -2.40. The summed E-state index contributed by atoms with van der Waals surface area (Å²) in [5, 5.41) is 60.4. The van der Waals surface area contributed by atoms with Gasteiger partial charge in [0.05, 0.1) is 34.2 Å². The maximum Gasteiger partial charge on any atom is 0.335 e. The van der Waals surface area contributed by atoms with E-state index in [-0.39, 0.29) is 13.1 Å². The molecule has 0 spiro atoms. The number of pyridine rings is 2. The summed E-state index contributed by atoms with van der Waals surface area (Å²) < 4.78 is 0. The van der Waals surface area contributed by atoms with Gasteiger partial charge in [-0.05, 0) is 47.5 Å². The Hall–Kier alpha value is -7.50. The first-order valence-electron chi connectivity index (χ1n) is 13.7. The van der Waals surface area contributed by atoms with E-state index in [0.29, 0.717) is 0 Å². The fourth-order valence-corrected chi connectivity index (χ4v) is 3.58. The minimum absolute atomic E-state index is 0.282. The van der Waals surface area contributed by atoms with Crippen LogP contribution in [0.15, 0.2) is 85.2 Å². The summed E-state index contributed by atoms with van der Waals surface area (Å²) in [6, 6.07) is 16.1. The molecule has 18 nitrogen and oxygen atoms in total. The van der Waals surface area contributed by atoms with Crippen LogP contribution in [-0.2, 0) is 22.7 Å². The predicted molar refractivity (Wildman–Crippen MR) is 159 cm³/mol. The molecule has 4 rings (SSSR count). The van der Waals surface area contributed by atoms with E-state index in [0.717, 1.165) is 47.8 Å². The van der Waals surface area contributed by atoms with Gasteiger partial charge in [0.15, 0.2) is 23.8 Å². The molecule has 4 aromatic rings. The second-order valence-electron chi connectivity index (χ2n) is 9.53. The Morgan fingerprint density at radius 1 is 0.480 bits per heavy atom. The smallest absolute Gasteiger partial charge is 0.335 e. The minimum atomic E-state index is -1.62. The van der Waals surface area contributed by atoms with Crippen LogP contribution in [0.1, 0.15) is 73.5 Å². The van der Waals surface area contributed by atoms with Crippen LogP contribution in [0.4, 0.5) is 0 Å². The molecule has 0 atom stereocenters. The number of amides is 2. The summed E-state index contributed by atoms with van der Waals surface area (Å²) in [4.78, 5) is 92.2. The van der Waals surface area contributed by atoms with E-state index in [1.807, 2.05) is 36.4 Å². The van der Waals surface area contributed by atoms with Gasteiger partial charge in [0.2, 0.25) is 0 Å². The fraction of sp³-hybridized carbons (Fsp3) is 0.0625. The number of carbonyl (C=O) groups is 8. The van der Waals surface area contributed by atoms with Crippen molar-refractivity contribution in [3.63, 3.8) is 0 Å². The quantitative estimate of drug-likeness (QED) is 0.0995. The monoisotopic (exact) mass is 690 g/mol. The summed E-state index contributed by atoms with van der Waals surface area (Å²) in [6.45, 7) is 0.565. The van der Waals surface area contributed by atoms with Gasteiger partial charge in [0.1, 0.15) is 13.1 Å². The highest BCUT2D eigenvalue weighted by Crippen LogP contribution is 2.11. The van der Waals surface area contributed by atoms with Crippen LogP contribution in [0.2, 0.25) is 0 Å². The minimum Gasteiger partial charge on any atom is -0.545 e. The first-order chi connectivity index (χ1) is 23.6. The molecule has 0 aliphatic carbocycles. The third-order valence-corrected chi connectivity index (χ3v) is 5.96. The van der Waals surface area contributed by atoms with Crippen molar-refractivity contribution in [3.8, 4) is 0 Å². The van der Waals surface area contributed by atoms with Crippen LogP contribution in [-0.4, -0.2) is 68.1 Å². The summed E-state index contributed by atoms with van der Waals surface area (Å²) in [6.07, 6.45) is 3.51. The topological polar surface area (TPSA) is 316 Å². The second kappa shape index (κ2) is 18.6. The molecule has 0 saturated carbocycles. The Balaban J connectivity index is 0.000000265. The molecule has 2 aromatic carbocycles. The number of aromatic carboxylic acids is 6. The summed E-state index contributed by atoms with van der Waals surface area (Å²) in [5.41, 5.74) is -0.943. The number of H-pyrrole nitrogens is 2. The third kappa shape index (κ3) is 12.7. The van der Waals surface area contributed by atoms with Gasteiger partial charge in [-0.25, -0.2) is 29.1 Å². The molecule has 0 aliphatic heterocycles. The highest BCUT2D eigenvalue weighted by Gasteiger charge is 2.15. The van der Waals surface area contributed by atoms with Crippen LogP contribution >= 0.6 is 0 Å². The van der Waals surface area contributed by atoms with Gasteiger partial charge in [0, 0.05) is 24.3 Å². The first-order valence-corrected chi connectivity index (χ1v) is 13.7. The molecule has 0 aliphatic rings. The second-order valence-corrected chi connectivity index (χ2v) is 9.53. The molecule has 50 heavy (non-hydrogen) atoms. The number of nitrogens with one attached hydrogen (secondary N) is 4. The van der Waals surface area contributed by atoms with Gasteiger partial charge < -0.3 is 50.9 Å². The van der Waals surface area contributed by atoms with Gasteiger partial charge in [-0.1, -0.05) is 12.1 Å². The van der Waals surface area contributed by atoms with E-state index < -0.39 is 81.0 Å². The SMILES string of the molecule is O=C(NCc1cccc[nH+]1)C(=O)NCc1cccc[nH+]1.O=C([O-])c1cc(C(=O)O)cc(C(=O)O)c1.O=C([O-])c1cc(C(=O)O)cc(C(=O)O)c1. The third-order valence-electron chi connectivity index (χ3n) is 5.96. The Kier molecular flexibility index (Phi) is 14.4. The number of hydrogen-bond donors (Lipinski definition) is 6. The molecule has 18 heteroatoms. The van der Waals surface area contributed by atoms with E-state index in [2.05, 4.69) is 20.6 Å². The Morgan fingerprint density at radius 3 is 0.980 bits per heavy atom. The number of aromatic nitrogens is 2. The zero-order valence-electron chi connectivity index (χ0n) is 25.4. The summed E-state index contributed by atoms with van der Waals surface area (Å²) in [5.74, 6) is -10.2. The molecule has 2 aromatic heterocycles. The van der Waals surface area contributed by atoms with Crippen molar-refractivity contribution >= 4 is 47.6 Å². The molecule has 0 unspecified atom stereocenters. The van der Waals surface area contributed by atoms with Gasteiger partial charge in [-0.3, -0.25) is 9.59 Å². The predicted octanol–water partition coefficient (Wildman–Crippen LogP) is -1.86. The number of rotatable bonds is 10. The van der Waals surface area contributed by atoms with Gasteiger partial charge >= 0.3 is 35.7 Å². The standard InChI is InChI=1S/C14H14N4O2.2C9H6O6/c19-13(17-9-11-5-1-3-7-15-11)14(20)18-10-12-6-2-4-8-16-12;2*10-7(11)4-1-5(8(12)13)3-6(2-4)9(14)15/h1-8H,9-10H2,(H,17,19)(H,18,20);2*1-3H,(H,10,11)(H,12,13)(H,14,15). The average Bonchev–Trinajstić information content (AvgIpc) is 3.10. The normalized spacial score (nSPS) is 9.68. The number of carboxylic acid groups (broad SMARTS) is 6. The lowest BCUT2D eigenvalue weighted by Gasteiger charge is -2.05. The molecule has 8 N–H and O–H groups in total. The fourth-order valence-electron chi connectivity index (χ4n) is 3.58. The van der Waals surface area contributed by atoms with E-state index in [4.69, 9.17) is 20.4 Å². The molecule has 0 radical (unpaired) electrons. The van der Waals surface area contributed by atoms with Crippen LogP contribution in [0.3, 0.4) is 0 Å². The van der Waals surface area contributed by atoms with Gasteiger partial charge in [0.25, 0.3) is 0 Å². The number of aromatic amines is 2. The van der Waals surface area contributed by atoms with E-state index >= 15 is 0 Å². The maximum atomic E-state index is 11.6. The maximum absolute atomic E-state index is 11.6. The zero-order chi connectivity index (χ0) is 37.4. The Morgan fingerprint density at radius 2 is 0.760 bits per heavy atom. The summed E-state index contributed by atoms with van der Waals surface area (Å²) in [7, 11) is 0. The van der Waals surface area contributed by atoms with Gasteiger partial charge in [-0.15, -0.1) is 0 Å². The highest BCUT2D eigenvalue weighted by molar-refractivity contribution is 6.35. The molecule has 0 fully saturated rings. The number of carboxylic acids is 6. The van der Waals surface area contributed by atoms with Crippen molar-refractivity contribution in [1.82, 2.24) is 10.6 Å². The molecule has 0 bridgehead atoms. The van der Waals surface area contributed by atoms with Crippen LogP contribution < -0.4 is 30.8 Å². The average molecular weight is 691 g/mol. The summed E-state index contributed by atoms with van der Waals surface area (Å²) >= 11 is 0. The molecular weight excluding hydrogens is 664 g/mol. The van der Waals surface area contributed by atoms with Gasteiger partial charge in [-0.2, -0.15) is 0 Å².